The number of thioether (sulfide) groups is 1. The van der Waals surface area contributed by atoms with Crippen molar-refractivity contribution in [3.63, 3.8) is 0 Å². The van der Waals surface area contributed by atoms with E-state index in [1.807, 2.05) is 39.0 Å². The Labute approximate surface area is 226 Å². The molecule has 2 heterocycles. The molecule has 6 N–H and O–H groups in total. The Balaban J connectivity index is 1.72. The van der Waals surface area contributed by atoms with Crippen molar-refractivity contribution in [1.82, 2.24) is 20.3 Å². The smallest absolute Gasteiger partial charge is 0.221 e. The lowest BCUT2D eigenvalue weighted by molar-refractivity contribution is -0.121. The zero-order valence-electron chi connectivity index (χ0n) is 21.9. The molecule has 1 unspecified atom stereocenters. The first-order chi connectivity index (χ1) is 17.9. The van der Waals surface area contributed by atoms with Crippen LogP contribution in [0.4, 0.5) is 11.5 Å². The molecule has 0 spiro atoms. The van der Waals surface area contributed by atoms with Crippen molar-refractivity contribution in [3.05, 3.63) is 59.4 Å². The van der Waals surface area contributed by atoms with Gasteiger partial charge in [0.1, 0.15) is 17.5 Å². The molecule has 10 nitrogen and oxygen atoms in total. The van der Waals surface area contributed by atoms with Crippen molar-refractivity contribution >= 4 is 35.1 Å². The Kier molecular flexibility index (Phi) is 9.39. The Morgan fingerprint density at radius 2 is 1.84 bits per heavy atom. The topological polar surface area (TPSA) is 173 Å². The van der Waals surface area contributed by atoms with Gasteiger partial charge in [-0.3, -0.25) is 14.6 Å². The molecule has 38 heavy (non-hydrogen) atoms. The Morgan fingerprint density at radius 3 is 2.47 bits per heavy atom. The number of hydrogen-bond acceptors (Lipinski definition) is 9. The molecular weight excluding hydrogens is 500 g/mol. The van der Waals surface area contributed by atoms with Gasteiger partial charge in [0.25, 0.3) is 0 Å². The van der Waals surface area contributed by atoms with Gasteiger partial charge in [-0.05, 0) is 38.1 Å². The summed E-state index contributed by atoms with van der Waals surface area (Å²) in [4.78, 5) is 37.2. The van der Waals surface area contributed by atoms with Gasteiger partial charge in [0.05, 0.1) is 11.4 Å². The first-order valence-electron chi connectivity index (χ1n) is 12.0. The van der Waals surface area contributed by atoms with Gasteiger partial charge in [-0.25, -0.2) is 9.97 Å². The van der Waals surface area contributed by atoms with E-state index in [2.05, 4.69) is 26.7 Å². The van der Waals surface area contributed by atoms with Crippen molar-refractivity contribution in [2.24, 2.45) is 5.73 Å². The summed E-state index contributed by atoms with van der Waals surface area (Å²) in [6, 6.07) is 14.8. The minimum atomic E-state index is -0.471. The highest BCUT2D eigenvalue weighted by atomic mass is 32.2. The van der Waals surface area contributed by atoms with E-state index in [0.717, 1.165) is 11.4 Å². The molecule has 2 amide bonds. The number of anilines is 2. The minimum absolute atomic E-state index is 0.0725. The Morgan fingerprint density at radius 1 is 1.13 bits per heavy atom. The van der Waals surface area contributed by atoms with Crippen LogP contribution in [0.15, 0.2) is 47.6 Å². The van der Waals surface area contributed by atoms with Crippen molar-refractivity contribution in [1.29, 1.82) is 5.26 Å². The highest BCUT2D eigenvalue weighted by molar-refractivity contribution is 7.98. The zero-order valence-corrected chi connectivity index (χ0v) is 22.7. The Hall–Kier alpha value is -4.01. The highest BCUT2D eigenvalue weighted by Gasteiger charge is 2.18. The van der Waals surface area contributed by atoms with Crippen molar-refractivity contribution in [2.75, 3.05) is 17.6 Å². The summed E-state index contributed by atoms with van der Waals surface area (Å²) in [6.45, 7) is 7.51. The predicted octanol–water partition coefficient (Wildman–Crippen LogP) is 3.59. The van der Waals surface area contributed by atoms with E-state index in [9.17, 15) is 14.9 Å². The third-order valence-electron chi connectivity index (χ3n) is 5.42. The number of nitrogen functional groups attached to an aromatic ring is 1. The van der Waals surface area contributed by atoms with Crippen LogP contribution >= 0.6 is 11.8 Å². The number of nitrogens with zero attached hydrogens (tertiary/aromatic N) is 4. The van der Waals surface area contributed by atoms with Gasteiger partial charge >= 0.3 is 0 Å². The van der Waals surface area contributed by atoms with E-state index < -0.39 is 5.54 Å². The summed E-state index contributed by atoms with van der Waals surface area (Å²) in [7, 11) is 0. The minimum Gasteiger partial charge on any atom is -0.382 e. The van der Waals surface area contributed by atoms with Gasteiger partial charge < -0.3 is 22.1 Å². The SMILES string of the molecule is CC(=O)Nc1ccc(-c2nc(SCc3cccc(C(C)CC(=O)NCC(C)(C)N)n3)nc(N)c2C#N)cc1. The maximum absolute atomic E-state index is 12.3. The molecule has 0 saturated carbocycles. The van der Waals surface area contributed by atoms with Crippen LogP contribution in [-0.4, -0.2) is 38.8 Å². The number of nitrogens with two attached hydrogens (primary N) is 2. The van der Waals surface area contributed by atoms with Gasteiger partial charge in [0.2, 0.25) is 11.8 Å². The van der Waals surface area contributed by atoms with Crippen molar-refractivity contribution < 1.29 is 9.59 Å². The summed E-state index contributed by atoms with van der Waals surface area (Å²) in [5, 5.41) is 15.6. The van der Waals surface area contributed by atoms with Gasteiger partial charge in [0.15, 0.2) is 5.16 Å². The van der Waals surface area contributed by atoms with Crippen LogP contribution in [0.3, 0.4) is 0 Å². The number of carbonyl (C=O) groups is 2. The molecule has 0 fully saturated rings. The summed E-state index contributed by atoms with van der Waals surface area (Å²) in [5.41, 5.74) is 15.1. The van der Waals surface area contributed by atoms with E-state index in [-0.39, 0.29) is 29.1 Å². The van der Waals surface area contributed by atoms with Gasteiger partial charge in [-0.1, -0.05) is 36.9 Å². The lowest BCUT2D eigenvalue weighted by Crippen LogP contribution is -2.45. The fraction of sp³-hybridized carbons (Fsp3) is 0.333. The first-order valence-corrected chi connectivity index (χ1v) is 13.0. The number of nitriles is 1. The first kappa shape index (κ1) is 28.6. The number of amides is 2. The zero-order chi connectivity index (χ0) is 27.9. The number of hydrogen-bond donors (Lipinski definition) is 4. The summed E-state index contributed by atoms with van der Waals surface area (Å²) < 4.78 is 0. The lowest BCUT2D eigenvalue weighted by Gasteiger charge is -2.20. The largest absolute Gasteiger partial charge is 0.382 e. The van der Waals surface area contributed by atoms with E-state index >= 15 is 0 Å². The van der Waals surface area contributed by atoms with Crippen LogP contribution < -0.4 is 22.1 Å². The van der Waals surface area contributed by atoms with Crippen LogP contribution in [-0.2, 0) is 15.3 Å². The molecule has 11 heteroatoms. The van der Waals surface area contributed by atoms with E-state index in [0.29, 0.717) is 40.8 Å². The molecule has 2 aromatic heterocycles. The van der Waals surface area contributed by atoms with E-state index in [1.54, 1.807) is 24.3 Å². The van der Waals surface area contributed by atoms with Gasteiger partial charge in [0, 0.05) is 54.0 Å². The second-order valence-electron chi connectivity index (χ2n) is 9.70. The second-order valence-corrected chi connectivity index (χ2v) is 10.6. The molecule has 0 bridgehead atoms. The number of nitrogens with one attached hydrogen (secondary N) is 2. The molecule has 0 aliphatic heterocycles. The Bertz CT molecular complexity index is 1350. The number of pyridine rings is 1. The molecular formula is C27H32N8O2S. The highest BCUT2D eigenvalue weighted by Crippen LogP contribution is 2.30. The monoisotopic (exact) mass is 532 g/mol. The summed E-state index contributed by atoms with van der Waals surface area (Å²) in [6.07, 6.45) is 0.305. The molecule has 198 valence electrons. The number of benzene rings is 1. The third kappa shape index (κ3) is 8.26. The van der Waals surface area contributed by atoms with Gasteiger partial charge in [-0.2, -0.15) is 5.26 Å². The quantitative estimate of drug-likeness (QED) is 0.225. The normalized spacial score (nSPS) is 11.9. The number of carbonyl (C=O) groups excluding carboxylic acids is 2. The molecule has 0 saturated heterocycles. The standard InChI is InChI=1S/C27H32N8O2S/c1-16(12-23(37)31-15-27(3,4)30)22-7-5-6-20(33-22)14-38-26-34-24(21(13-28)25(29)35-26)18-8-10-19(11-9-18)32-17(2)36/h5-11,16H,12,14-15,30H2,1-4H3,(H,31,37)(H,32,36)(H2,29,34,35). The fourth-order valence-electron chi connectivity index (χ4n) is 3.53. The second kappa shape index (κ2) is 12.5. The van der Waals surface area contributed by atoms with Crippen LogP contribution in [0.25, 0.3) is 11.3 Å². The average molecular weight is 533 g/mol. The molecule has 3 rings (SSSR count). The van der Waals surface area contributed by atoms with Crippen LogP contribution in [0.1, 0.15) is 57.0 Å². The molecule has 0 aliphatic carbocycles. The lowest BCUT2D eigenvalue weighted by atomic mass is 10.0. The predicted molar refractivity (Wildman–Crippen MR) is 149 cm³/mol. The fourth-order valence-corrected chi connectivity index (χ4v) is 4.28. The summed E-state index contributed by atoms with van der Waals surface area (Å²) >= 11 is 1.35. The van der Waals surface area contributed by atoms with Crippen molar-refractivity contribution in [3.8, 4) is 17.3 Å². The van der Waals surface area contributed by atoms with Crippen molar-refractivity contribution in [2.45, 2.75) is 56.5 Å². The maximum Gasteiger partial charge on any atom is 0.221 e. The van der Waals surface area contributed by atoms with E-state index in [1.165, 1.54) is 18.7 Å². The summed E-state index contributed by atoms with van der Waals surface area (Å²) in [5.74, 6) is 0.242. The molecule has 0 radical (unpaired) electrons. The molecule has 1 atom stereocenters. The van der Waals surface area contributed by atoms with Crippen LogP contribution in [0, 0.1) is 11.3 Å². The molecule has 1 aromatic carbocycles. The van der Waals surface area contributed by atoms with Crippen LogP contribution in [0.2, 0.25) is 0 Å². The third-order valence-corrected chi connectivity index (χ3v) is 6.30. The van der Waals surface area contributed by atoms with Crippen LogP contribution in [0.5, 0.6) is 0 Å². The van der Waals surface area contributed by atoms with Gasteiger partial charge in [-0.15, -0.1) is 0 Å². The maximum atomic E-state index is 12.3. The number of aromatic nitrogens is 3. The number of rotatable bonds is 10. The average Bonchev–Trinajstić information content (AvgIpc) is 2.86. The molecule has 0 aliphatic rings. The van der Waals surface area contributed by atoms with E-state index in [4.69, 9.17) is 16.5 Å². The molecule has 3 aromatic rings.